The van der Waals surface area contributed by atoms with E-state index in [1.54, 1.807) is 31.4 Å². The van der Waals surface area contributed by atoms with Gasteiger partial charge in [0.15, 0.2) is 0 Å². The largest absolute Gasteiger partial charge is 0.497 e. The third-order valence-corrected chi connectivity index (χ3v) is 1.52. The average molecular weight is 178 g/mol. The van der Waals surface area contributed by atoms with Gasteiger partial charge in [0.05, 0.1) is 18.9 Å². The van der Waals surface area contributed by atoms with Gasteiger partial charge in [-0.25, -0.2) is 4.79 Å². The molecule has 1 aromatic carbocycles. The minimum atomic E-state index is -0.419. The van der Waals surface area contributed by atoms with Crippen molar-refractivity contribution in [2.75, 3.05) is 7.11 Å². The molecule has 0 aliphatic carbocycles. The monoisotopic (exact) mass is 178 g/mol. The SMILES string of the molecule is C=COC(=O)c1ccc(OC)cc1. The summed E-state index contributed by atoms with van der Waals surface area (Å²) in [4.78, 5) is 11.1. The van der Waals surface area contributed by atoms with Gasteiger partial charge in [0, 0.05) is 0 Å². The Morgan fingerprint density at radius 2 is 2.00 bits per heavy atom. The molecule has 0 aromatic heterocycles. The summed E-state index contributed by atoms with van der Waals surface area (Å²) in [6, 6.07) is 6.65. The zero-order valence-corrected chi connectivity index (χ0v) is 7.32. The maximum absolute atomic E-state index is 11.1. The van der Waals surface area contributed by atoms with E-state index in [4.69, 9.17) is 4.74 Å². The molecule has 0 aliphatic rings. The highest BCUT2D eigenvalue weighted by molar-refractivity contribution is 5.89. The van der Waals surface area contributed by atoms with Crippen LogP contribution in [0.5, 0.6) is 5.75 Å². The molecule has 0 aliphatic heterocycles. The van der Waals surface area contributed by atoms with Gasteiger partial charge < -0.3 is 9.47 Å². The minimum Gasteiger partial charge on any atom is -0.497 e. The van der Waals surface area contributed by atoms with E-state index in [0.717, 1.165) is 6.26 Å². The number of hydrogen-bond donors (Lipinski definition) is 0. The van der Waals surface area contributed by atoms with Gasteiger partial charge in [-0.1, -0.05) is 6.58 Å². The van der Waals surface area contributed by atoms with E-state index in [1.807, 2.05) is 0 Å². The van der Waals surface area contributed by atoms with Crippen molar-refractivity contribution in [3.63, 3.8) is 0 Å². The lowest BCUT2D eigenvalue weighted by molar-refractivity contribution is 0.0664. The van der Waals surface area contributed by atoms with Crippen LogP contribution in [0.2, 0.25) is 0 Å². The molecular formula is C10H10O3. The molecule has 0 radical (unpaired) electrons. The molecule has 0 bridgehead atoms. The standard InChI is InChI=1S/C10H10O3/c1-3-13-10(11)8-4-6-9(12-2)7-5-8/h3-7H,1H2,2H3. The van der Waals surface area contributed by atoms with Gasteiger partial charge >= 0.3 is 5.97 Å². The number of hydrogen-bond acceptors (Lipinski definition) is 3. The lowest BCUT2D eigenvalue weighted by Crippen LogP contribution is -1.99. The van der Waals surface area contributed by atoms with E-state index < -0.39 is 5.97 Å². The van der Waals surface area contributed by atoms with Crippen molar-refractivity contribution < 1.29 is 14.3 Å². The molecule has 1 aromatic rings. The second-order valence-electron chi connectivity index (χ2n) is 2.30. The summed E-state index contributed by atoms with van der Waals surface area (Å²) in [5.41, 5.74) is 0.473. The second kappa shape index (κ2) is 4.30. The Bertz CT molecular complexity index is 300. The summed E-state index contributed by atoms with van der Waals surface area (Å²) in [5, 5.41) is 0. The molecule has 0 fully saturated rings. The Balaban J connectivity index is 2.79. The van der Waals surface area contributed by atoms with Gasteiger partial charge in [0.2, 0.25) is 0 Å². The summed E-state index contributed by atoms with van der Waals surface area (Å²) in [7, 11) is 1.57. The van der Waals surface area contributed by atoms with Crippen LogP contribution in [0.25, 0.3) is 0 Å². The van der Waals surface area contributed by atoms with E-state index in [1.165, 1.54) is 0 Å². The number of esters is 1. The van der Waals surface area contributed by atoms with E-state index in [-0.39, 0.29) is 0 Å². The van der Waals surface area contributed by atoms with Crippen LogP contribution in [-0.2, 0) is 4.74 Å². The van der Waals surface area contributed by atoms with Crippen LogP contribution in [0, 0.1) is 0 Å². The zero-order chi connectivity index (χ0) is 9.68. The fourth-order valence-electron chi connectivity index (χ4n) is 0.871. The fourth-order valence-corrected chi connectivity index (χ4v) is 0.871. The van der Waals surface area contributed by atoms with Gasteiger partial charge in [0.1, 0.15) is 5.75 Å². The van der Waals surface area contributed by atoms with Crippen LogP contribution in [0.4, 0.5) is 0 Å². The van der Waals surface area contributed by atoms with Crippen molar-refractivity contribution in [1.82, 2.24) is 0 Å². The van der Waals surface area contributed by atoms with Crippen LogP contribution < -0.4 is 4.74 Å². The maximum Gasteiger partial charge on any atom is 0.342 e. The van der Waals surface area contributed by atoms with E-state index in [9.17, 15) is 4.79 Å². The Labute approximate surface area is 76.6 Å². The normalized spacial score (nSPS) is 9.00. The predicted molar refractivity (Wildman–Crippen MR) is 48.6 cm³/mol. The quantitative estimate of drug-likeness (QED) is 0.524. The Morgan fingerprint density at radius 3 is 2.46 bits per heavy atom. The summed E-state index contributed by atoms with van der Waals surface area (Å²) < 4.78 is 9.52. The number of carbonyl (C=O) groups is 1. The molecule has 3 nitrogen and oxygen atoms in total. The molecule has 0 atom stereocenters. The highest BCUT2D eigenvalue weighted by atomic mass is 16.5. The van der Waals surface area contributed by atoms with E-state index in [0.29, 0.717) is 11.3 Å². The van der Waals surface area contributed by atoms with Gasteiger partial charge in [-0.05, 0) is 24.3 Å². The van der Waals surface area contributed by atoms with Crippen molar-refractivity contribution in [2.45, 2.75) is 0 Å². The Kier molecular flexibility index (Phi) is 3.09. The topological polar surface area (TPSA) is 35.5 Å². The first kappa shape index (κ1) is 9.32. The van der Waals surface area contributed by atoms with Crippen molar-refractivity contribution in [1.29, 1.82) is 0 Å². The lowest BCUT2D eigenvalue weighted by Gasteiger charge is -2.00. The zero-order valence-electron chi connectivity index (χ0n) is 7.32. The Morgan fingerprint density at radius 1 is 1.38 bits per heavy atom. The Hall–Kier alpha value is -1.77. The second-order valence-corrected chi connectivity index (χ2v) is 2.30. The summed E-state index contributed by atoms with van der Waals surface area (Å²) in [6.07, 6.45) is 1.10. The molecule has 0 heterocycles. The highest BCUT2D eigenvalue weighted by Crippen LogP contribution is 2.11. The summed E-state index contributed by atoms with van der Waals surface area (Å²) in [6.45, 7) is 3.29. The van der Waals surface area contributed by atoms with Crippen LogP contribution in [0.15, 0.2) is 37.1 Å². The number of methoxy groups -OCH3 is 1. The van der Waals surface area contributed by atoms with E-state index >= 15 is 0 Å². The molecule has 0 spiro atoms. The fraction of sp³-hybridized carbons (Fsp3) is 0.100. The molecule has 13 heavy (non-hydrogen) atoms. The highest BCUT2D eigenvalue weighted by Gasteiger charge is 2.04. The van der Waals surface area contributed by atoms with Crippen LogP contribution in [0.1, 0.15) is 10.4 Å². The van der Waals surface area contributed by atoms with Crippen LogP contribution in [-0.4, -0.2) is 13.1 Å². The maximum atomic E-state index is 11.1. The number of carbonyl (C=O) groups excluding carboxylic acids is 1. The summed E-state index contributed by atoms with van der Waals surface area (Å²) >= 11 is 0. The first-order chi connectivity index (χ1) is 6.27. The molecule has 1 rings (SSSR count). The predicted octanol–water partition coefficient (Wildman–Crippen LogP) is 2.00. The summed E-state index contributed by atoms with van der Waals surface area (Å²) in [5.74, 6) is 0.285. The molecule has 0 unspecified atom stereocenters. The van der Waals surface area contributed by atoms with Crippen molar-refractivity contribution >= 4 is 5.97 Å². The van der Waals surface area contributed by atoms with Gasteiger partial charge in [0.25, 0.3) is 0 Å². The van der Waals surface area contributed by atoms with Crippen molar-refractivity contribution in [3.8, 4) is 5.75 Å². The average Bonchev–Trinajstić information content (AvgIpc) is 2.18. The number of benzene rings is 1. The molecule has 0 saturated carbocycles. The first-order valence-electron chi connectivity index (χ1n) is 3.74. The molecular weight excluding hydrogens is 168 g/mol. The van der Waals surface area contributed by atoms with Crippen molar-refractivity contribution in [2.24, 2.45) is 0 Å². The first-order valence-corrected chi connectivity index (χ1v) is 3.74. The smallest absolute Gasteiger partial charge is 0.342 e. The number of rotatable bonds is 3. The third-order valence-electron chi connectivity index (χ3n) is 1.52. The minimum absolute atomic E-state index is 0.419. The number of ether oxygens (including phenoxy) is 2. The lowest BCUT2D eigenvalue weighted by atomic mass is 10.2. The van der Waals surface area contributed by atoms with Crippen molar-refractivity contribution in [3.05, 3.63) is 42.7 Å². The van der Waals surface area contributed by atoms with Crippen LogP contribution >= 0.6 is 0 Å². The molecule has 0 N–H and O–H groups in total. The molecule has 0 amide bonds. The van der Waals surface area contributed by atoms with Gasteiger partial charge in [-0.2, -0.15) is 0 Å². The third kappa shape index (κ3) is 2.33. The van der Waals surface area contributed by atoms with Crippen LogP contribution in [0.3, 0.4) is 0 Å². The molecule has 0 saturated heterocycles. The molecule has 3 heteroatoms. The van der Waals surface area contributed by atoms with Gasteiger partial charge in [-0.3, -0.25) is 0 Å². The molecule has 68 valence electrons. The van der Waals surface area contributed by atoms with Gasteiger partial charge in [-0.15, -0.1) is 0 Å². The van der Waals surface area contributed by atoms with E-state index in [2.05, 4.69) is 11.3 Å².